The molecule has 16 heavy (non-hydrogen) atoms. The normalized spacial score (nSPS) is 18.6. The van der Waals surface area contributed by atoms with Crippen LogP contribution in [-0.4, -0.2) is 4.98 Å². The third-order valence-electron chi connectivity index (χ3n) is 3.75. The summed E-state index contributed by atoms with van der Waals surface area (Å²) in [5.74, 6) is 0.758. The van der Waals surface area contributed by atoms with Crippen LogP contribution in [0.5, 0.6) is 0 Å². The average molecular weight is 214 g/mol. The van der Waals surface area contributed by atoms with Gasteiger partial charge in [0.25, 0.3) is 0 Å². The van der Waals surface area contributed by atoms with E-state index in [0.717, 1.165) is 5.92 Å². The highest BCUT2D eigenvalue weighted by Crippen LogP contribution is 2.37. The van der Waals surface area contributed by atoms with Gasteiger partial charge in [0.05, 0.1) is 0 Å². The summed E-state index contributed by atoms with van der Waals surface area (Å²) in [6, 6.07) is 8.77. The van der Waals surface area contributed by atoms with E-state index < -0.39 is 0 Å². The lowest BCUT2D eigenvalue weighted by Crippen LogP contribution is -2.08. The van der Waals surface area contributed by atoms with Crippen molar-refractivity contribution in [2.24, 2.45) is 5.73 Å². The first-order valence-corrected chi connectivity index (χ1v) is 6.13. The van der Waals surface area contributed by atoms with Gasteiger partial charge in [-0.1, -0.05) is 18.6 Å². The summed E-state index contributed by atoms with van der Waals surface area (Å²) in [6.07, 6.45) is 4.04. The van der Waals surface area contributed by atoms with Gasteiger partial charge in [-0.15, -0.1) is 0 Å². The van der Waals surface area contributed by atoms with Crippen molar-refractivity contribution in [2.75, 3.05) is 0 Å². The molecule has 1 aromatic heterocycles. The van der Waals surface area contributed by atoms with Crippen LogP contribution in [0.2, 0.25) is 0 Å². The second kappa shape index (κ2) is 3.63. The second-order valence-electron chi connectivity index (χ2n) is 4.95. The fraction of sp³-hybridized carbons (Fsp3) is 0.429. The SMILES string of the molecule is CC(N)c1cccc2[nH]c(C3CCC3)cc12. The number of hydrogen-bond donors (Lipinski definition) is 2. The molecule has 1 saturated carbocycles. The minimum absolute atomic E-state index is 0.105. The lowest BCUT2D eigenvalue weighted by Gasteiger charge is -2.23. The van der Waals surface area contributed by atoms with Gasteiger partial charge in [0.1, 0.15) is 0 Å². The molecule has 3 rings (SSSR count). The topological polar surface area (TPSA) is 41.8 Å². The summed E-state index contributed by atoms with van der Waals surface area (Å²) in [4.78, 5) is 3.54. The molecule has 1 fully saturated rings. The maximum atomic E-state index is 6.00. The zero-order valence-corrected chi connectivity index (χ0v) is 9.66. The second-order valence-corrected chi connectivity index (χ2v) is 4.95. The molecule has 1 aliphatic carbocycles. The minimum atomic E-state index is 0.105. The number of H-pyrrole nitrogens is 1. The minimum Gasteiger partial charge on any atom is -0.358 e. The van der Waals surface area contributed by atoms with E-state index >= 15 is 0 Å². The van der Waals surface area contributed by atoms with Gasteiger partial charge in [0.15, 0.2) is 0 Å². The quantitative estimate of drug-likeness (QED) is 0.789. The van der Waals surface area contributed by atoms with Crippen molar-refractivity contribution in [3.05, 3.63) is 35.5 Å². The maximum absolute atomic E-state index is 6.00. The van der Waals surface area contributed by atoms with Crippen molar-refractivity contribution in [1.82, 2.24) is 4.98 Å². The van der Waals surface area contributed by atoms with E-state index in [1.54, 1.807) is 0 Å². The Hall–Kier alpha value is -1.28. The molecular formula is C14H18N2. The average Bonchev–Trinajstić information content (AvgIpc) is 2.56. The Morgan fingerprint density at radius 2 is 2.19 bits per heavy atom. The Morgan fingerprint density at radius 1 is 1.38 bits per heavy atom. The first-order chi connectivity index (χ1) is 7.75. The summed E-state index contributed by atoms with van der Waals surface area (Å²) >= 11 is 0. The third kappa shape index (κ3) is 1.45. The monoisotopic (exact) mass is 214 g/mol. The van der Waals surface area contributed by atoms with Crippen LogP contribution in [0.15, 0.2) is 24.3 Å². The van der Waals surface area contributed by atoms with E-state index in [0.29, 0.717) is 0 Å². The summed E-state index contributed by atoms with van der Waals surface area (Å²) in [5.41, 5.74) is 9.88. The predicted molar refractivity (Wildman–Crippen MR) is 67.5 cm³/mol. The van der Waals surface area contributed by atoms with Crippen molar-refractivity contribution in [2.45, 2.75) is 38.1 Å². The molecule has 0 amide bonds. The fourth-order valence-electron chi connectivity index (χ4n) is 2.54. The highest BCUT2D eigenvalue weighted by Gasteiger charge is 2.21. The molecule has 1 heterocycles. The molecule has 2 aromatic rings. The van der Waals surface area contributed by atoms with Crippen molar-refractivity contribution >= 4 is 10.9 Å². The molecule has 1 atom stereocenters. The molecule has 1 unspecified atom stereocenters. The van der Waals surface area contributed by atoms with Crippen LogP contribution in [0.3, 0.4) is 0 Å². The Bertz CT molecular complexity index is 506. The first-order valence-electron chi connectivity index (χ1n) is 6.13. The van der Waals surface area contributed by atoms with Crippen molar-refractivity contribution in [1.29, 1.82) is 0 Å². The highest BCUT2D eigenvalue weighted by molar-refractivity contribution is 5.84. The number of aromatic nitrogens is 1. The number of benzene rings is 1. The fourth-order valence-corrected chi connectivity index (χ4v) is 2.54. The van der Waals surface area contributed by atoms with Gasteiger partial charge >= 0.3 is 0 Å². The van der Waals surface area contributed by atoms with Crippen molar-refractivity contribution in [3.8, 4) is 0 Å². The van der Waals surface area contributed by atoms with Crippen molar-refractivity contribution < 1.29 is 0 Å². The Labute approximate surface area is 95.8 Å². The molecule has 1 aliphatic rings. The van der Waals surface area contributed by atoms with E-state index in [-0.39, 0.29) is 6.04 Å². The largest absolute Gasteiger partial charge is 0.358 e. The number of fused-ring (bicyclic) bond motifs is 1. The molecule has 3 N–H and O–H groups in total. The summed E-state index contributed by atoms with van der Waals surface area (Å²) in [6.45, 7) is 2.05. The number of nitrogens with two attached hydrogens (primary N) is 1. The maximum Gasteiger partial charge on any atom is 0.0459 e. The molecule has 2 nitrogen and oxygen atoms in total. The van der Waals surface area contributed by atoms with Gasteiger partial charge in [-0.3, -0.25) is 0 Å². The van der Waals surface area contributed by atoms with Gasteiger partial charge in [-0.05, 0) is 43.4 Å². The van der Waals surface area contributed by atoms with Crippen LogP contribution in [0.25, 0.3) is 10.9 Å². The van der Waals surface area contributed by atoms with Crippen LogP contribution < -0.4 is 5.73 Å². The van der Waals surface area contributed by atoms with Gasteiger partial charge in [-0.25, -0.2) is 0 Å². The summed E-state index contributed by atoms with van der Waals surface area (Å²) in [7, 11) is 0. The summed E-state index contributed by atoms with van der Waals surface area (Å²) < 4.78 is 0. The van der Waals surface area contributed by atoms with Crippen LogP contribution in [0.1, 0.15) is 49.4 Å². The zero-order valence-electron chi connectivity index (χ0n) is 9.66. The molecule has 0 bridgehead atoms. The third-order valence-corrected chi connectivity index (χ3v) is 3.75. The number of aromatic amines is 1. The van der Waals surface area contributed by atoms with Gasteiger partial charge in [0.2, 0.25) is 0 Å². The standard InChI is InChI=1S/C14H18N2/c1-9(15)11-6-3-7-13-12(11)8-14(16-13)10-4-2-5-10/h3,6-10,16H,2,4-5,15H2,1H3. The van der Waals surface area contributed by atoms with Crippen LogP contribution >= 0.6 is 0 Å². The Morgan fingerprint density at radius 3 is 2.81 bits per heavy atom. The molecule has 2 heteroatoms. The number of nitrogens with one attached hydrogen (secondary N) is 1. The molecule has 1 aromatic carbocycles. The van der Waals surface area contributed by atoms with E-state index in [4.69, 9.17) is 5.73 Å². The highest BCUT2D eigenvalue weighted by atomic mass is 14.7. The van der Waals surface area contributed by atoms with Crippen LogP contribution in [0, 0.1) is 0 Å². The Balaban J connectivity index is 2.12. The molecule has 0 aliphatic heterocycles. The summed E-state index contributed by atoms with van der Waals surface area (Å²) in [5, 5.41) is 1.31. The van der Waals surface area contributed by atoms with Crippen LogP contribution in [0.4, 0.5) is 0 Å². The molecule has 0 radical (unpaired) electrons. The Kier molecular flexibility index (Phi) is 2.25. The van der Waals surface area contributed by atoms with Gasteiger partial charge in [0, 0.05) is 22.6 Å². The van der Waals surface area contributed by atoms with E-state index in [2.05, 4.69) is 29.2 Å². The van der Waals surface area contributed by atoms with Crippen LogP contribution in [-0.2, 0) is 0 Å². The predicted octanol–water partition coefficient (Wildman–Crippen LogP) is 3.46. The van der Waals surface area contributed by atoms with E-state index in [1.807, 2.05) is 6.92 Å². The first kappa shape index (κ1) is 9.91. The smallest absolute Gasteiger partial charge is 0.0459 e. The molecular weight excluding hydrogens is 196 g/mol. The number of rotatable bonds is 2. The number of hydrogen-bond acceptors (Lipinski definition) is 1. The van der Waals surface area contributed by atoms with Crippen molar-refractivity contribution in [3.63, 3.8) is 0 Å². The molecule has 84 valence electrons. The molecule has 0 saturated heterocycles. The van der Waals surface area contributed by atoms with E-state index in [1.165, 1.54) is 41.4 Å². The lowest BCUT2D eigenvalue weighted by atomic mass is 9.83. The van der Waals surface area contributed by atoms with E-state index in [9.17, 15) is 0 Å². The zero-order chi connectivity index (χ0) is 11.1. The van der Waals surface area contributed by atoms with Gasteiger partial charge < -0.3 is 10.7 Å². The molecule has 0 spiro atoms. The lowest BCUT2D eigenvalue weighted by molar-refractivity contribution is 0.413. The van der Waals surface area contributed by atoms with Gasteiger partial charge in [-0.2, -0.15) is 0 Å².